The van der Waals surface area contributed by atoms with Crippen LogP contribution in [0.2, 0.25) is 0 Å². The summed E-state index contributed by atoms with van der Waals surface area (Å²) in [6, 6.07) is 0. The summed E-state index contributed by atoms with van der Waals surface area (Å²) >= 11 is 0. The smallest absolute Gasteiger partial charge is 0.311 e. The number of carbonyl (C=O) groups is 2. The Balaban J connectivity index is 1.88. The molecule has 0 unspecified atom stereocenters. The number of ether oxygens (including phenoxy) is 2. The molecule has 1 heterocycles. The molecule has 5 nitrogen and oxygen atoms in total. The van der Waals surface area contributed by atoms with Crippen LogP contribution in [0.4, 0.5) is 0 Å². The summed E-state index contributed by atoms with van der Waals surface area (Å²) < 4.78 is 10.1. The summed E-state index contributed by atoms with van der Waals surface area (Å²) in [6.45, 7) is 4.61. The van der Waals surface area contributed by atoms with Gasteiger partial charge >= 0.3 is 5.97 Å². The maximum atomic E-state index is 12.4. The molecule has 0 aromatic carbocycles. The molecule has 2 aliphatic rings. The van der Waals surface area contributed by atoms with E-state index in [0.29, 0.717) is 26.3 Å². The standard InChI is InChI=1S/C14H23NO4/c1-14(13(17)18-2)5-3-11(4-6-14)12(16)15-7-9-19-10-8-15/h11H,3-10H2,1-2H3. The highest BCUT2D eigenvalue weighted by Gasteiger charge is 2.41. The average molecular weight is 269 g/mol. The third-order valence-corrected chi connectivity index (χ3v) is 4.44. The van der Waals surface area contributed by atoms with Crippen molar-refractivity contribution in [2.45, 2.75) is 32.6 Å². The van der Waals surface area contributed by atoms with Crippen molar-refractivity contribution in [1.82, 2.24) is 4.90 Å². The lowest BCUT2D eigenvalue weighted by Gasteiger charge is -2.37. The fourth-order valence-corrected chi connectivity index (χ4v) is 2.99. The number of amides is 1. The molecule has 0 aromatic rings. The molecule has 2 fully saturated rings. The van der Waals surface area contributed by atoms with Gasteiger partial charge in [0.25, 0.3) is 0 Å². The summed E-state index contributed by atoms with van der Waals surface area (Å²) in [7, 11) is 1.43. The highest BCUT2D eigenvalue weighted by atomic mass is 16.5. The molecule has 1 saturated carbocycles. The lowest BCUT2D eigenvalue weighted by atomic mass is 9.71. The Morgan fingerprint density at radius 3 is 2.32 bits per heavy atom. The van der Waals surface area contributed by atoms with E-state index in [9.17, 15) is 9.59 Å². The van der Waals surface area contributed by atoms with E-state index in [4.69, 9.17) is 9.47 Å². The third kappa shape index (κ3) is 3.08. The van der Waals surface area contributed by atoms with E-state index in [1.165, 1.54) is 7.11 Å². The number of carbonyl (C=O) groups excluding carboxylic acids is 2. The summed E-state index contributed by atoms with van der Waals surface area (Å²) in [5, 5.41) is 0. The van der Waals surface area contributed by atoms with Gasteiger partial charge < -0.3 is 14.4 Å². The zero-order chi connectivity index (χ0) is 13.9. The Bertz CT molecular complexity index is 341. The molecule has 1 amide bonds. The Kier molecular flexibility index (Phi) is 4.45. The van der Waals surface area contributed by atoms with E-state index in [2.05, 4.69) is 0 Å². The normalized spacial score (nSPS) is 31.9. The second kappa shape index (κ2) is 5.90. The molecule has 0 bridgehead atoms. The van der Waals surface area contributed by atoms with Crippen LogP contribution in [0.5, 0.6) is 0 Å². The molecular weight excluding hydrogens is 246 g/mol. The number of hydrogen-bond acceptors (Lipinski definition) is 4. The zero-order valence-electron chi connectivity index (χ0n) is 11.8. The number of hydrogen-bond donors (Lipinski definition) is 0. The van der Waals surface area contributed by atoms with Crippen LogP contribution in [-0.2, 0) is 19.1 Å². The molecule has 0 N–H and O–H groups in total. The predicted molar refractivity (Wildman–Crippen MR) is 69.5 cm³/mol. The van der Waals surface area contributed by atoms with Crippen LogP contribution in [-0.4, -0.2) is 50.2 Å². The van der Waals surface area contributed by atoms with Crippen LogP contribution in [0.1, 0.15) is 32.6 Å². The Morgan fingerprint density at radius 1 is 1.21 bits per heavy atom. The highest BCUT2D eigenvalue weighted by Crippen LogP contribution is 2.40. The first-order chi connectivity index (χ1) is 9.07. The SMILES string of the molecule is COC(=O)C1(C)CCC(C(=O)N2CCOCC2)CC1. The minimum absolute atomic E-state index is 0.0656. The van der Waals surface area contributed by atoms with Gasteiger partial charge in [-0.15, -0.1) is 0 Å². The molecule has 1 aliphatic heterocycles. The lowest BCUT2D eigenvalue weighted by molar-refractivity contribution is -0.156. The summed E-state index contributed by atoms with van der Waals surface area (Å²) in [6.07, 6.45) is 3.03. The van der Waals surface area contributed by atoms with E-state index >= 15 is 0 Å². The van der Waals surface area contributed by atoms with Gasteiger partial charge in [0.1, 0.15) is 0 Å². The molecule has 0 atom stereocenters. The maximum Gasteiger partial charge on any atom is 0.311 e. The van der Waals surface area contributed by atoms with Crippen molar-refractivity contribution >= 4 is 11.9 Å². The second-order valence-electron chi connectivity index (χ2n) is 5.76. The van der Waals surface area contributed by atoms with Crippen LogP contribution in [0.3, 0.4) is 0 Å². The van der Waals surface area contributed by atoms with Crippen LogP contribution in [0.25, 0.3) is 0 Å². The van der Waals surface area contributed by atoms with Crippen molar-refractivity contribution in [3.8, 4) is 0 Å². The molecule has 1 aliphatic carbocycles. The topological polar surface area (TPSA) is 55.8 Å². The Hall–Kier alpha value is -1.10. The van der Waals surface area contributed by atoms with E-state index < -0.39 is 5.41 Å². The number of nitrogens with zero attached hydrogens (tertiary/aromatic N) is 1. The maximum absolute atomic E-state index is 12.4. The number of esters is 1. The van der Waals surface area contributed by atoms with Crippen LogP contribution in [0, 0.1) is 11.3 Å². The van der Waals surface area contributed by atoms with Crippen molar-refractivity contribution in [2.75, 3.05) is 33.4 Å². The van der Waals surface area contributed by atoms with Crippen LogP contribution < -0.4 is 0 Å². The quantitative estimate of drug-likeness (QED) is 0.707. The van der Waals surface area contributed by atoms with E-state index in [1.54, 1.807) is 0 Å². The molecule has 5 heteroatoms. The molecule has 19 heavy (non-hydrogen) atoms. The zero-order valence-corrected chi connectivity index (χ0v) is 11.8. The molecule has 1 saturated heterocycles. The molecule has 2 rings (SSSR count). The summed E-state index contributed by atoms with van der Waals surface area (Å²) in [5.74, 6) is 0.149. The molecule has 0 spiro atoms. The van der Waals surface area contributed by atoms with Crippen molar-refractivity contribution < 1.29 is 19.1 Å². The van der Waals surface area contributed by atoms with Crippen molar-refractivity contribution in [2.24, 2.45) is 11.3 Å². The largest absolute Gasteiger partial charge is 0.469 e. The number of rotatable bonds is 2. The predicted octanol–water partition coefficient (Wildman–Crippen LogP) is 1.21. The molecule has 0 radical (unpaired) electrons. The van der Waals surface area contributed by atoms with Crippen molar-refractivity contribution in [3.63, 3.8) is 0 Å². The number of methoxy groups -OCH3 is 1. The van der Waals surface area contributed by atoms with E-state index in [0.717, 1.165) is 25.7 Å². The summed E-state index contributed by atoms with van der Waals surface area (Å²) in [5.41, 5.74) is -0.406. The first-order valence-electron chi connectivity index (χ1n) is 7.02. The van der Waals surface area contributed by atoms with Crippen molar-refractivity contribution in [1.29, 1.82) is 0 Å². The van der Waals surface area contributed by atoms with Crippen LogP contribution >= 0.6 is 0 Å². The average Bonchev–Trinajstić information content (AvgIpc) is 2.47. The van der Waals surface area contributed by atoms with Gasteiger partial charge in [-0.3, -0.25) is 9.59 Å². The van der Waals surface area contributed by atoms with Crippen molar-refractivity contribution in [3.05, 3.63) is 0 Å². The van der Waals surface area contributed by atoms with Gasteiger partial charge in [0.2, 0.25) is 5.91 Å². The van der Waals surface area contributed by atoms with Gasteiger partial charge in [0.05, 0.1) is 25.7 Å². The minimum atomic E-state index is -0.406. The molecular formula is C14H23NO4. The van der Waals surface area contributed by atoms with E-state index in [-0.39, 0.29) is 17.8 Å². The Morgan fingerprint density at radius 2 is 1.79 bits per heavy atom. The highest BCUT2D eigenvalue weighted by molar-refractivity contribution is 5.80. The number of morpholine rings is 1. The summed E-state index contributed by atoms with van der Waals surface area (Å²) in [4.78, 5) is 26.0. The fourth-order valence-electron chi connectivity index (χ4n) is 2.99. The van der Waals surface area contributed by atoms with Gasteiger partial charge in [-0.25, -0.2) is 0 Å². The van der Waals surface area contributed by atoms with Gasteiger partial charge in [0, 0.05) is 19.0 Å². The molecule has 0 aromatic heterocycles. The van der Waals surface area contributed by atoms with Gasteiger partial charge in [-0.05, 0) is 32.6 Å². The monoisotopic (exact) mass is 269 g/mol. The van der Waals surface area contributed by atoms with Gasteiger partial charge in [0.15, 0.2) is 0 Å². The minimum Gasteiger partial charge on any atom is -0.469 e. The Labute approximate surface area is 114 Å². The van der Waals surface area contributed by atoms with Gasteiger partial charge in [-0.2, -0.15) is 0 Å². The first-order valence-corrected chi connectivity index (χ1v) is 7.02. The second-order valence-corrected chi connectivity index (χ2v) is 5.76. The first kappa shape index (κ1) is 14.3. The molecule has 108 valence electrons. The van der Waals surface area contributed by atoms with Gasteiger partial charge in [-0.1, -0.05) is 0 Å². The van der Waals surface area contributed by atoms with E-state index in [1.807, 2.05) is 11.8 Å². The fraction of sp³-hybridized carbons (Fsp3) is 0.857. The lowest BCUT2D eigenvalue weighted by Crippen LogP contribution is -2.45. The third-order valence-electron chi connectivity index (χ3n) is 4.44. The van der Waals surface area contributed by atoms with Crippen LogP contribution in [0.15, 0.2) is 0 Å².